The van der Waals surface area contributed by atoms with Gasteiger partial charge in [-0.2, -0.15) is 0 Å². The van der Waals surface area contributed by atoms with Crippen LogP contribution in [0.2, 0.25) is 0 Å². The molecule has 0 saturated heterocycles. The second kappa shape index (κ2) is 4.85. The lowest BCUT2D eigenvalue weighted by Gasteiger charge is -2.31. The highest BCUT2D eigenvalue weighted by Crippen LogP contribution is 2.60. The number of carbonyl (C=O) groups is 2. The first-order chi connectivity index (χ1) is 9.44. The predicted molar refractivity (Wildman–Crippen MR) is 77.8 cm³/mol. The zero-order valence-corrected chi connectivity index (χ0v) is 12.9. The van der Waals surface area contributed by atoms with Crippen LogP contribution in [0.5, 0.6) is 0 Å². The molecule has 0 spiro atoms. The summed E-state index contributed by atoms with van der Waals surface area (Å²) in [5, 5.41) is 2.70. The van der Waals surface area contributed by atoms with Crippen molar-refractivity contribution >= 4 is 11.8 Å². The zero-order valence-electron chi connectivity index (χ0n) is 12.9. The van der Waals surface area contributed by atoms with Gasteiger partial charge in [-0.3, -0.25) is 14.9 Å². The van der Waals surface area contributed by atoms with Gasteiger partial charge in [0.2, 0.25) is 11.8 Å². The highest BCUT2D eigenvalue weighted by Gasteiger charge is 2.55. The number of rotatable bonds is 3. The van der Waals surface area contributed by atoms with Gasteiger partial charge in [-0.05, 0) is 55.8 Å². The Hall–Kier alpha value is -0.860. The fourth-order valence-electron chi connectivity index (χ4n) is 4.90. The highest BCUT2D eigenvalue weighted by atomic mass is 16.2. The van der Waals surface area contributed by atoms with Crippen molar-refractivity contribution in [3.63, 3.8) is 0 Å². The van der Waals surface area contributed by atoms with E-state index in [9.17, 15) is 9.59 Å². The molecule has 5 atom stereocenters. The number of hydrogen-bond donors (Lipinski definition) is 1. The summed E-state index contributed by atoms with van der Waals surface area (Å²) in [6.07, 6.45) is 7.05. The van der Waals surface area contributed by atoms with Gasteiger partial charge >= 0.3 is 0 Å². The van der Waals surface area contributed by atoms with E-state index in [2.05, 4.69) is 5.32 Å². The molecule has 0 aromatic rings. The standard InChI is InChI=1S/C17H27NO2/c1-4-17(2,3)16(20)18-15(19)14-9-10-8-13(14)12-7-5-6-11(10)12/h10-14H,4-9H2,1-3H3,(H,18,19,20). The molecular weight excluding hydrogens is 250 g/mol. The molecule has 3 fully saturated rings. The lowest BCUT2D eigenvalue weighted by molar-refractivity contribution is -0.138. The van der Waals surface area contributed by atoms with Gasteiger partial charge in [-0.1, -0.05) is 27.2 Å². The van der Waals surface area contributed by atoms with Gasteiger partial charge in [-0.15, -0.1) is 0 Å². The van der Waals surface area contributed by atoms with Crippen molar-refractivity contribution in [1.29, 1.82) is 0 Å². The molecule has 112 valence electrons. The van der Waals surface area contributed by atoms with Crippen LogP contribution in [0.25, 0.3) is 0 Å². The van der Waals surface area contributed by atoms with E-state index in [1.54, 1.807) is 0 Å². The maximum absolute atomic E-state index is 12.5. The summed E-state index contributed by atoms with van der Waals surface area (Å²) in [6, 6.07) is 0. The Labute approximate surface area is 121 Å². The van der Waals surface area contributed by atoms with Gasteiger partial charge in [0, 0.05) is 11.3 Å². The zero-order chi connectivity index (χ0) is 14.5. The molecule has 20 heavy (non-hydrogen) atoms. The van der Waals surface area contributed by atoms with E-state index in [0.29, 0.717) is 5.92 Å². The quantitative estimate of drug-likeness (QED) is 0.861. The number of nitrogens with one attached hydrogen (secondary N) is 1. The van der Waals surface area contributed by atoms with Crippen molar-refractivity contribution in [2.75, 3.05) is 0 Å². The molecule has 3 rings (SSSR count). The van der Waals surface area contributed by atoms with Crippen LogP contribution in [0, 0.1) is 35.0 Å². The molecule has 3 aliphatic rings. The van der Waals surface area contributed by atoms with E-state index in [-0.39, 0.29) is 17.7 Å². The van der Waals surface area contributed by atoms with E-state index in [1.165, 1.54) is 25.7 Å². The number of imide groups is 1. The molecular formula is C17H27NO2. The van der Waals surface area contributed by atoms with Crippen LogP contribution in [0.1, 0.15) is 59.3 Å². The van der Waals surface area contributed by atoms with Crippen LogP contribution in [-0.2, 0) is 9.59 Å². The average molecular weight is 277 g/mol. The maximum Gasteiger partial charge on any atom is 0.232 e. The Morgan fingerprint density at radius 1 is 1.10 bits per heavy atom. The van der Waals surface area contributed by atoms with Crippen LogP contribution in [0.3, 0.4) is 0 Å². The van der Waals surface area contributed by atoms with Crippen molar-refractivity contribution in [2.45, 2.75) is 59.3 Å². The molecule has 2 bridgehead atoms. The third-order valence-corrected chi connectivity index (χ3v) is 6.50. The summed E-state index contributed by atoms with van der Waals surface area (Å²) in [4.78, 5) is 24.6. The van der Waals surface area contributed by atoms with Gasteiger partial charge in [0.05, 0.1) is 0 Å². The molecule has 3 aliphatic carbocycles. The van der Waals surface area contributed by atoms with E-state index in [1.807, 2.05) is 20.8 Å². The summed E-state index contributed by atoms with van der Waals surface area (Å²) in [7, 11) is 0. The molecule has 0 aliphatic heterocycles. The molecule has 0 aromatic carbocycles. The van der Waals surface area contributed by atoms with E-state index >= 15 is 0 Å². The van der Waals surface area contributed by atoms with Crippen molar-refractivity contribution in [3.05, 3.63) is 0 Å². The smallest absolute Gasteiger partial charge is 0.232 e. The Balaban J connectivity index is 1.64. The fourth-order valence-corrected chi connectivity index (χ4v) is 4.90. The first-order valence-electron chi connectivity index (χ1n) is 8.29. The maximum atomic E-state index is 12.5. The van der Waals surface area contributed by atoms with Crippen molar-refractivity contribution in [1.82, 2.24) is 5.32 Å². The summed E-state index contributed by atoms with van der Waals surface area (Å²) in [5.74, 6) is 3.01. The lowest BCUT2D eigenvalue weighted by Crippen LogP contribution is -2.45. The van der Waals surface area contributed by atoms with Gasteiger partial charge in [0.15, 0.2) is 0 Å². The topological polar surface area (TPSA) is 46.2 Å². The predicted octanol–water partition coefficient (Wildman–Crippen LogP) is 3.14. The Morgan fingerprint density at radius 3 is 2.50 bits per heavy atom. The lowest BCUT2D eigenvalue weighted by atomic mass is 9.75. The van der Waals surface area contributed by atoms with Crippen molar-refractivity contribution in [3.8, 4) is 0 Å². The average Bonchev–Trinajstić information content (AvgIpc) is 3.10. The normalized spacial score (nSPS) is 38.9. The molecule has 0 heterocycles. The number of hydrogen-bond acceptors (Lipinski definition) is 2. The summed E-state index contributed by atoms with van der Waals surface area (Å²) < 4.78 is 0. The molecule has 3 heteroatoms. The van der Waals surface area contributed by atoms with Gasteiger partial charge in [0.25, 0.3) is 0 Å². The number of amides is 2. The molecule has 0 aromatic heterocycles. The Kier molecular flexibility index (Phi) is 3.42. The summed E-state index contributed by atoms with van der Waals surface area (Å²) in [5.41, 5.74) is -0.441. The van der Waals surface area contributed by atoms with Crippen LogP contribution in [0.15, 0.2) is 0 Å². The first-order valence-corrected chi connectivity index (χ1v) is 8.29. The molecule has 3 saturated carbocycles. The van der Waals surface area contributed by atoms with Crippen LogP contribution in [0.4, 0.5) is 0 Å². The molecule has 0 radical (unpaired) electrons. The molecule has 3 nitrogen and oxygen atoms in total. The third-order valence-electron chi connectivity index (χ3n) is 6.50. The van der Waals surface area contributed by atoms with Gasteiger partial charge in [0.1, 0.15) is 0 Å². The van der Waals surface area contributed by atoms with Gasteiger partial charge in [-0.25, -0.2) is 0 Å². The molecule has 1 N–H and O–H groups in total. The number of fused-ring (bicyclic) bond motifs is 5. The second-order valence-corrected chi connectivity index (χ2v) is 7.82. The first kappa shape index (κ1) is 14.1. The van der Waals surface area contributed by atoms with E-state index in [4.69, 9.17) is 0 Å². The minimum atomic E-state index is -0.441. The van der Waals surface area contributed by atoms with E-state index < -0.39 is 5.41 Å². The van der Waals surface area contributed by atoms with Crippen LogP contribution < -0.4 is 5.32 Å². The number of carbonyl (C=O) groups excluding carboxylic acids is 2. The van der Waals surface area contributed by atoms with Crippen LogP contribution in [-0.4, -0.2) is 11.8 Å². The van der Waals surface area contributed by atoms with E-state index in [0.717, 1.165) is 30.6 Å². The molecule has 5 unspecified atom stereocenters. The van der Waals surface area contributed by atoms with Gasteiger partial charge < -0.3 is 0 Å². The minimum absolute atomic E-state index is 0.00868. The highest BCUT2D eigenvalue weighted by molar-refractivity contribution is 5.98. The summed E-state index contributed by atoms with van der Waals surface area (Å²) in [6.45, 7) is 5.80. The minimum Gasteiger partial charge on any atom is -0.296 e. The SMILES string of the molecule is CCC(C)(C)C(=O)NC(=O)C1CC2CC1C1CCCC21. The monoisotopic (exact) mass is 277 g/mol. The Morgan fingerprint density at radius 2 is 1.80 bits per heavy atom. The van der Waals surface area contributed by atoms with Crippen molar-refractivity contribution < 1.29 is 9.59 Å². The summed E-state index contributed by atoms with van der Waals surface area (Å²) >= 11 is 0. The van der Waals surface area contributed by atoms with Crippen LogP contribution >= 0.6 is 0 Å². The third kappa shape index (κ3) is 2.10. The second-order valence-electron chi connectivity index (χ2n) is 7.82. The van der Waals surface area contributed by atoms with Crippen molar-refractivity contribution in [2.24, 2.45) is 35.0 Å². The largest absolute Gasteiger partial charge is 0.296 e. The molecule has 2 amide bonds. The fraction of sp³-hybridized carbons (Fsp3) is 0.882. The Bertz CT molecular complexity index is 429.